The molecule has 88 valence electrons. The standard InChI is InChI=1S/C11H21NO3/c1-8(2)5-6-14-11(13)10-4-3-9(7-12)15-10/h8-10H,3-7,12H2,1-2H3. The SMILES string of the molecule is CC(C)CCOC(=O)C1CCC(CN)O1. The molecule has 0 amide bonds. The average Bonchev–Trinajstić information content (AvgIpc) is 2.65. The lowest BCUT2D eigenvalue weighted by Crippen LogP contribution is -2.27. The Balaban J connectivity index is 2.18. The van der Waals surface area contributed by atoms with Gasteiger partial charge >= 0.3 is 5.97 Å². The first-order valence-corrected chi connectivity index (χ1v) is 5.65. The molecule has 0 aliphatic carbocycles. The molecule has 0 aromatic heterocycles. The van der Waals surface area contributed by atoms with E-state index in [1.54, 1.807) is 0 Å². The van der Waals surface area contributed by atoms with Crippen molar-refractivity contribution in [3.05, 3.63) is 0 Å². The van der Waals surface area contributed by atoms with Gasteiger partial charge in [-0.2, -0.15) is 0 Å². The highest BCUT2D eigenvalue weighted by Crippen LogP contribution is 2.19. The molecule has 15 heavy (non-hydrogen) atoms. The van der Waals surface area contributed by atoms with Gasteiger partial charge in [-0.3, -0.25) is 0 Å². The second-order valence-electron chi connectivity index (χ2n) is 4.41. The minimum Gasteiger partial charge on any atom is -0.464 e. The predicted octanol–water partition coefficient (Wildman–Crippen LogP) is 1.08. The summed E-state index contributed by atoms with van der Waals surface area (Å²) in [5.74, 6) is 0.325. The molecule has 1 aliphatic heterocycles. The Morgan fingerprint density at radius 1 is 1.53 bits per heavy atom. The molecule has 1 saturated heterocycles. The maximum absolute atomic E-state index is 11.5. The van der Waals surface area contributed by atoms with Crippen molar-refractivity contribution in [2.45, 2.75) is 45.3 Å². The highest BCUT2D eigenvalue weighted by atomic mass is 16.6. The summed E-state index contributed by atoms with van der Waals surface area (Å²) in [6, 6.07) is 0. The van der Waals surface area contributed by atoms with Gasteiger partial charge in [0.2, 0.25) is 0 Å². The van der Waals surface area contributed by atoms with Crippen LogP contribution in [0.25, 0.3) is 0 Å². The fourth-order valence-electron chi connectivity index (χ4n) is 1.54. The van der Waals surface area contributed by atoms with Crippen LogP contribution in [-0.2, 0) is 14.3 Å². The van der Waals surface area contributed by atoms with Gasteiger partial charge in [0.15, 0.2) is 6.10 Å². The number of nitrogens with two attached hydrogens (primary N) is 1. The largest absolute Gasteiger partial charge is 0.464 e. The van der Waals surface area contributed by atoms with E-state index in [2.05, 4.69) is 13.8 Å². The summed E-state index contributed by atoms with van der Waals surface area (Å²) in [5, 5.41) is 0. The van der Waals surface area contributed by atoms with E-state index in [0.29, 0.717) is 19.1 Å². The predicted molar refractivity (Wildman–Crippen MR) is 57.4 cm³/mol. The zero-order valence-corrected chi connectivity index (χ0v) is 9.57. The minimum absolute atomic E-state index is 0.0349. The van der Waals surface area contributed by atoms with Gasteiger partial charge in [-0.25, -0.2) is 4.79 Å². The molecule has 1 fully saturated rings. The number of rotatable bonds is 5. The molecule has 1 heterocycles. The van der Waals surface area contributed by atoms with Gasteiger partial charge < -0.3 is 15.2 Å². The summed E-state index contributed by atoms with van der Waals surface area (Å²) in [6.45, 7) is 5.17. The van der Waals surface area contributed by atoms with Crippen molar-refractivity contribution in [3.63, 3.8) is 0 Å². The molecule has 1 rings (SSSR count). The van der Waals surface area contributed by atoms with Gasteiger partial charge in [0.05, 0.1) is 12.7 Å². The van der Waals surface area contributed by atoms with Gasteiger partial charge in [-0.05, 0) is 25.2 Å². The van der Waals surface area contributed by atoms with Crippen LogP contribution in [0.4, 0.5) is 0 Å². The number of carbonyl (C=O) groups excluding carboxylic acids is 1. The van der Waals surface area contributed by atoms with Crippen molar-refractivity contribution in [2.24, 2.45) is 11.7 Å². The Bertz CT molecular complexity index is 206. The second kappa shape index (κ2) is 6.08. The Kier molecular flexibility index (Phi) is 5.05. The second-order valence-corrected chi connectivity index (χ2v) is 4.41. The fraction of sp³-hybridized carbons (Fsp3) is 0.909. The molecule has 1 aliphatic rings. The molecule has 0 spiro atoms. The summed E-state index contributed by atoms with van der Waals surface area (Å²) in [5.41, 5.74) is 5.46. The van der Waals surface area contributed by atoms with Gasteiger partial charge in [0.25, 0.3) is 0 Å². The van der Waals surface area contributed by atoms with E-state index >= 15 is 0 Å². The fourth-order valence-corrected chi connectivity index (χ4v) is 1.54. The summed E-state index contributed by atoms with van der Waals surface area (Å²) in [4.78, 5) is 11.5. The topological polar surface area (TPSA) is 61.5 Å². The van der Waals surface area contributed by atoms with Crippen molar-refractivity contribution in [3.8, 4) is 0 Å². The highest BCUT2D eigenvalue weighted by molar-refractivity contribution is 5.74. The van der Waals surface area contributed by atoms with Crippen LogP contribution in [0.2, 0.25) is 0 Å². The molecule has 2 unspecified atom stereocenters. The third-order valence-electron chi connectivity index (χ3n) is 2.57. The van der Waals surface area contributed by atoms with Crippen molar-refractivity contribution in [2.75, 3.05) is 13.2 Å². The molecule has 0 aromatic carbocycles. The number of hydrogen-bond donors (Lipinski definition) is 1. The van der Waals surface area contributed by atoms with Crippen molar-refractivity contribution in [1.29, 1.82) is 0 Å². The smallest absolute Gasteiger partial charge is 0.335 e. The maximum Gasteiger partial charge on any atom is 0.335 e. The van der Waals surface area contributed by atoms with Gasteiger partial charge in [-0.1, -0.05) is 13.8 Å². The van der Waals surface area contributed by atoms with Gasteiger partial charge in [0, 0.05) is 6.54 Å². The zero-order valence-electron chi connectivity index (χ0n) is 9.57. The van der Waals surface area contributed by atoms with Crippen molar-refractivity contribution in [1.82, 2.24) is 0 Å². The lowest BCUT2D eigenvalue weighted by Gasteiger charge is -2.12. The minimum atomic E-state index is -0.384. The number of esters is 1. The maximum atomic E-state index is 11.5. The van der Waals surface area contributed by atoms with E-state index in [-0.39, 0.29) is 18.2 Å². The van der Waals surface area contributed by atoms with Crippen molar-refractivity contribution >= 4 is 5.97 Å². The van der Waals surface area contributed by atoms with Crippen LogP contribution in [0, 0.1) is 5.92 Å². The van der Waals surface area contributed by atoms with E-state index < -0.39 is 0 Å². The monoisotopic (exact) mass is 215 g/mol. The molecule has 0 radical (unpaired) electrons. The van der Waals surface area contributed by atoms with Crippen LogP contribution >= 0.6 is 0 Å². The lowest BCUT2D eigenvalue weighted by atomic mass is 10.1. The van der Waals surface area contributed by atoms with E-state index in [0.717, 1.165) is 19.3 Å². The van der Waals surface area contributed by atoms with E-state index in [9.17, 15) is 4.79 Å². The Labute approximate surface area is 91.1 Å². The first-order valence-electron chi connectivity index (χ1n) is 5.65. The molecule has 0 saturated carbocycles. The van der Waals surface area contributed by atoms with Crippen LogP contribution in [0.1, 0.15) is 33.1 Å². The first kappa shape index (κ1) is 12.5. The van der Waals surface area contributed by atoms with Crippen molar-refractivity contribution < 1.29 is 14.3 Å². The summed E-state index contributed by atoms with van der Waals surface area (Å²) >= 11 is 0. The third kappa shape index (κ3) is 4.18. The van der Waals surface area contributed by atoms with E-state index in [4.69, 9.17) is 15.2 Å². The summed E-state index contributed by atoms with van der Waals surface area (Å²) in [7, 11) is 0. The molecular weight excluding hydrogens is 194 g/mol. The highest BCUT2D eigenvalue weighted by Gasteiger charge is 2.30. The lowest BCUT2D eigenvalue weighted by molar-refractivity contribution is -0.156. The summed E-state index contributed by atoms with van der Waals surface area (Å²) in [6.07, 6.45) is 2.15. The normalized spacial score (nSPS) is 25.9. The average molecular weight is 215 g/mol. The Morgan fingerprint density at radius 3 is 2.80 bits per heavy atom. The van der Waals surface area contributed by atoms with Crippen LogP contribution in [0.15, 0.2) is 0 Å². The molecule has 2 atom stereocenters. The van der Waals surface area contributed by atoms with Crippen LogP contribution < -0.4 is 5.73 Å². The van der Waals surface area contributed by atoms with Gasteiger partial charge in [-0.15, -0.1) is 0 Å². The van der Waals surface area contributed by atoms with E-state index in [1.165, 1.54) is 0 Å². The molecule has 4 heteroatoms. The van der Waals surface area contributed by atoms with E-state index in [1.807, 2.05) is 0 Å². The molecular formula is C11H21NO3. The Hall–Kier alpha value is -0.610. The first-order chi connectivity index (χ1) is 7.13. The number of ether oxygens (including phenoxy) is 2. The number of hydrogen-bond acceptors (Lipinski definition) is 4. The third-order valence-corrected chi connectivity index (χ3v) is 2.57. The quantitative estimate of drug-likeness (QED) is 0.697. The zero-order chi connectivity index (χ0) is 11.3. The molecule has 4 nitrogen and oxygen atoms in total. The number of carbonyl (C=O) groups is 1. The van der Waals surface area contributed by atoms with Crippen LogP contribution in [0.5, 0.6) is 0 Å². The van der Waals surface area contributed by atoms with Crippen LogP contribution in [-0.4, -0.2) is 31.3 Å². The molecule has 0 aromatic rings. The van der Waals surface area contributed by atoms with Crippen LogP contribution in [0.3, 0.4) is 0 Å². The molecule has 0 bridgehead atoms. The summed E-state index contributed by atoms with van der Waals surface area (Å²) < 4.78 is 10.6. The Morgan fingerprint density at radius 2 is 2.27 bits per heavy atom. The van der Waals surface area contributed by atoms with Gasteiger partial charge in [0.1, 0.15) is 0 Å². The molecule has 2 N–H and O–H groups in total.